The summed E-state index contributed by atoms with van der Waals surface area (Å²) in [5, 5.41) is 0.152. The van der Waals surface area contributed by atoms with Gasteiger partial charge in [-0.05, 0) is 41.5 Å². The van der Waals surface area contributed by atoms with Crippen LogP contribution in [0.1, 0.15) is 27.0 Å². The molecule has 1 heterocycles. The Hall–Kier alpha value is -4.59. The summed E-state index contributed by atoms with van der Waals surface area (Å²) in [7, 11) is 0. The maximum Gasteiger partial charge on any atom is 0.418 e. The van der Waals surface area contributed by atoms with Crippen LogP contribution >= 0.6 is 0 Å². The fraction of sp³-hybridized carbons (Fsp3) is 0.0667. The van der Waals surface area contributed by atoms with Crippen molar-refractivity contribution in [1.29, 1.82) is 0 Å². The molecule has 1 aromatic heterocycles. The molecule has 3 nitrogen and oxygen atoms in total. The molecule has 0 saturated heterocycles. The minimum absolute atomic E-state index is 0.0776. The number of benzene rings is 4. The molecule has 4 aromatic carbocycles. The van der Waals surface area contributed by atoms with Gasteiger partial charge in [-0.3, -0.25) is 9.78 Å². The van der Waals surface area contributed by atoms with Crippen molar-refractivity contribution in [3.8, 4) is 16.9 Å². The SMILES string of the molecule is O=C(c1ccccc1)c1cnc2c(C(F)(F)F)cccc2c1-c1cccc(OCc2ccc(F)c(F)c2)c1. The molecule has 0 aliphatic carbocycles. The van der Waals surface area contributed by atoms with Crippen LogP contribution in [0.25, 0.3) is 22.0 Å². The van der Waals surface area contributed by atoms with Crippen molar-refractivity contribution in [2.45, 2.75) is 12.8 Å². The first-order chi connectivity index (χ1) is 18.2. The van der Waals surface area contributed by atoms with E-state index in [9.17, 15) is 26.7 Å². The predicted molar refractivity (Wildman–Crippen MR) is 133 cm³/mol. The lowest BCUT2D eigenvalue weighted by molar-refractivity contribution is -0.136. The van der Waals surface area contributed by atoms with Crippen molar-refractivity contribution in [2.24, 2.45) is 0 Å². The molecule has 0 N–H and O–H groups in total. The third-order valence-electron chi connectivity index (χ3n) is 6.00. The lowest BCUT2D eigenvalue weighted by Crippen LogP contribution is -2.09. The highest BCUT2D eigenvalue weighted by atomic mass is 19.4. The van der Waals surface area contributed by atoms with E-state index in [4.69, 9.17) is 4.74 Å². The fourth-order valence-electron chi connectivity index (χ4n) is 4.22. The van der Waals surface area contributed by atoms with E-state index in [2.05, 4.69) is 4.98 Å². The van der Waals surface area contributed by atoms with E-state index in [1.54, 1.807) is 54.6 Å². The number of aromatic nitrogens is 1. The van der Waals surface area contributed by atoms with E-state index in [0.717, 1.165) is 24.4 Å². The molecule has 0 aliphatic heterocycles. The van der Waals surface area contributed by atoms with Crippen LogP contribution in [0.4, 0.5) is 22.0 Å². The van der Waals surface area contributed by atoms with Crippen LogP contribution < -0.4 is 4.74 Å². The molecule has 0 atom stereocenters. The van der Waals surface area contributed by atoms with Gasteiger partial charge in [-0.1, -0.05) is 60.7 Å². The summed E-state index contributed by atoms with van der Waals surface area (Å²) in [6.07, 6.45) is -3.48. The van der Waals surface area contributed by atoms with Gasteiger partial charge in [0.05, 0.1) is 11.1 Å². The van der Waals surface area contributed by atoms with Gasteiger partial charge in [0.15, 0.2) is 17.4 Å². The third-order valence-corrected chi connectivity index (χ3v) is 6.00. The summed E-state index contributed by atoms with van der Waals surface area (Å²) in [6, 6.07) is 21.9. The summed E-state index contributed by atoms with van der Waals surface area (Å²) in [4.78, 5) is 17.5. The fourth-order valence-corrected chi connectivity index (χ4v) is 4.22. The second-order valence-corrected chi connectivity index (χ2v) is 8.51. The van der Waals surface area contributed by atoms with Gasteiger partial charge in [0, 0.05) is 28.3 Å². The van der Waals surface area contributed by atoms with Gasteiger partial charge in [-0.2, -0.15) is 13.2 Å². The number of para-hydroxylation sites is 1. The zero-order chi connectivity index (χ0) is 26.9. The first-order valence-electron chi connectivity index (χ1n) is 11.5. The van der Waals surface area contributed by atoms with Crippen LogP contribution in [0.2, 0.25) is 0 Å². The monoisotopic (exact) mass is 519 g/mol. The van der Waals surface area contributed by atoms with Crippen molar-refractivity contribution in [3.05, 3.63) is 131 Å². The second kappa shape index (κ2) is 10.0. The number of ketones is 1. The topological polar surface area (TPSA) is 39.2 Å². The van der Waals surface area contributed by atoms with E-state index >= 15 is 0 Å². The Morgan fingerprint density at radius 1 is 0.816 bits per heavy atom. The van der Waals surface area contributed by atoms with Gasteiger partial charge < -0.3 is 4.74 Å². The van der Waals surface area contributed by atoms with Gasteiger partial charge in [0.25, 0.3) is 0 Å². The molecule has 5 aromatic rings. The molecular weight excluding hydrogens is 501 g/mol. The number of hydrogen-bond donors (Lipinski definition) is 0. The van der Waals surface area contributed by atoms with Crippen molar-refractivity contribution in [1.82, 2.24) is 4.98 Å². The van der Waals surface area contributed by atoms with Crippen molar-refractivity contribution in [3.63, 3.8) is 0 Å². The number of ether oxygens (including phenoxy) is 1. The first-order valence-corrected chi connectivity index (χ1v) is 11.5. The summed E-state index contributed by atoms with van der Waals surface area (Å²) < 4.78 is 73.9. The average molecular weight is 519 g/mol. The lowest BCUT2D eigenvalue weighted by atomic mass is 9.91. The summed E-state index contributed by atoms with van der Waals surface area (Å²) >= 11 is 0. The Balaban J connectivity index is 1.63. The highest BCUT2D eigenvalue weighted by Crippen LogP contribution is 2.39. The standard InChI is InChI=1S/C30H18F5NO2/c31-25-13-12-18(14-26(25)32)17-38-21-9-4-8-20(15-21)27-22-10-5-11-24(30(33,34)35)28(22)36-16-23(27)29(37)19-6-2-1-3-7-19/h1-16H,17H2. The molecule has 190 valence electrons. The molecule has 0 saturated carbocycles. The molecule has 0 unspecified atom stereocenters. The van der Waals surface area contributed by atoms with Crippen molar-refractivity contribution >= 4 is 16.7 Å². The largest absolute Gasteiger partial charge is 0.489 e. The summed E-state index contributed by atoms with van der Waals surface area (Å²) in [5.41, 5.74) is 0.368. The van der Waals surface area contributed by atoms with Gasteiger partial charge in [-0.15, -0.1) is 0 Å². The number of rotatable bonds is 6. The van der Waals surface area contributed by atoms with E-state index in [1.807, 2.05) is 0 Å². The van der Waals surface area contributed by atoms with Crippen LogP contribution in [0.15, 0.2) is 97.2 Å². The van der Waals surface area contributed by atoms with Gasteiger partial charge in [0.1, 0.15) is 12.4 Å². The van der Waals surface area contributed by atoms with E-state index in [1.165, 1.54) is 18.2 Å². The van der Waals surface area contributed by atoms with Crippen LogP contribution in [0.3, 0.4) is 0 Å². The molecule has 38 heavy (non-hydrogen) atoms. The number of pyridine rings is 1. The number of hydrogen-bond acceptors (Lipinski definition) is 3. The number of carbonyl (C=O) groups excluding carboxylic acids is 1. The average Bonchev–Trinajstić information content (AvgIpc) is 2.92. The van der Waals surface area contributed by atoms with Crippen molar-refractivity contribution < 1.29 is 31.5 Å². The Morgan fingerprint density at radius 2 is 1.58 bits per heavy atom. The number of nitrogens with zero attached hydrogens (tertiary/aromatic N) is 1. The Bertz CT molecular complexity index is 1650. The van der Waals surface area contributed by atoms with Gasteiger partial charge >= 0.3 is 6.18 Å². The zero-order valence-corrected chi connectivity index (χ0v) is 19.6. The number of halogens is 5. The summed E-state index contributed by atoms with van der Waals surface area (Å²) in [6.45, 7) is -0.0776. The van der Waals surface area contributed by atoms with Crippen molar-refractivity contribution in [2.75, 3.05) is 0 Å². The Morgan fingerprint density at radius 3 is 2.32 bits per heavy atom. The molecule has 0 fully saturated rings. The van der Waals surface area contributed by atoms with E-state index in [0.29, 0.717) is 22.4 Å². The molecule has 8 heteroatoms. The third kappa shape index (κ3) is 4.98. The van der Waals surface area contributed by atoms with Gasteiger partial charge in [-0.25, -0.2) is 8.78 Å². The number of fused-ring (bicyclic) bond motifs is 1. The second-order valence-electron chi connectivity index (χ2n) is 8.51. The predicted octanol–water partition coefficient (Wildman–Crippen LogP) is 8.01. The molecular formula is C30H18F5NO2. The molecule has 0 radical (unpaired) electrons. The van der Waals surface area contributed by atoms with Crippen LogP contribution in [-0.2, 0) is 12.8 Å². The molecule has 5 rings (SSSR count). The van der Waals surface area contributed by atoms with Gasteiger partial charge in [0.2, 0.25) is 0 Å². The highest BCUT2D eigenvalue weighted by Gasteiger charge is 2.34. The summed E-state index contributed by atoms with van der Waals surface area (Å²) in [5.74, 6) is -2.07. The lowest BCUT2D eigenvalue weighted by Gasteiger charge is -2.16. The van der Waals surface area contributed by atoms with E-state index < -0.39 is 29.2 Å². The maximum absolute atomic E-state index is 13.8. The molecule has 0 amide bonds. The maximum atomic E-state index is 13.8. The van der Waals surface area contributed by atoms with E-state index in [-0.39, 0.29) is 28.6 Å². The number of carbonyl (C=O) groups is 1. The first kappa shape index (κ1) is 25.1. The smallest absolute Gasteiger partial charge is 0.418 e. The number of alkyl halides is 3. The minimum atomic E-state index is -4.65. The molecule has 0 aliphatic rings. The Labute approximate surface area is 214 Å². The highest BCUT2D eigenvalue weighted by molar-refractivity contribution is 6.16. The zero-order valence-electron chi connectivity index (χ0n) is 19.6. The minimum Gasteiger partial charge on any atom is -0.489 e. The normalized spacial score (nSPS) is 11.5. The molecule has 0 bridgehead atoms. The molecule has 0 spiro atoms. The van der Waals surface area contributed by atoms with Crippen LogP contribution in [0.5, 0.6) is 5.75 Å². The Kier molecular flexibility index (Phi) is 6.63. The van der Waals surface area contributed by atoms with Crippen LogP contribution in [0, 0.1) is 11.6 Å². The van der Waals surface area contributed by atoms with Crippen LogP contribution in [-0.4, -0.2) is 10.8 Å². The quantitative estimate of drug-likeness (QED) is 0.169.